The quantitative estimate of drug-likeness (QED) is 0.521. The molecule has 0 fully saturated rings. The molecule has 4 nitrogen and oxygen atoms in total. The highest BCUT2D eigenvalue weighted by Crippen LogP contribution is 2.29. The van der Waals surface area contributed by atoms with E-state index in [0.29, 0.717) is 22.3 Å². The number of benzene rings is 2. The van der Waals surface area contributed by atoms with Crippen molar-refractivity contribution in [3.63, 3.8) is 0 Å². The van der Waals surface area contributed by atoms with Crippen LogP contribution < -0.4 is 0 Å². The standard InChI is InChI=1S/C22H13FN2O2/c23-18-8-5-14(6-9-18)4-7-15-2-1-3-19(22(26)27)20(15)17-12-16-10-11-24-21(16)25-13-17/h1-3,5-6,8-13H,(H,24,25)(H,26,27). The zero-order valence-electron chi connectivity index (χ0n) is 14.0. The number of pyridine rings is 1. The largest absolute Gasteiger partial charge is 0.478 e. The van der Waals surface area contributed by atoms with Crippen LogP contribution in [-0.2, 0) is 0 Å². The lowest BCUT2D eigenvalue weighted by Crippen LogP contribution is -2.01. The van der Waals surface area contributed by atoms with E-state index in [-0.39, 0.29) is 11.4 Å². The first-order chi connectivity index (χ1) is 13.1. The maximum absolute atomic E-state index is 13.1. The first-order valence-electron chi connectivity index (χ1n) is 8.19. The molecule has 0 unspecified atom stereocenters. The van der Waals surface area contributed by atoms with Crippen LogP contribution >= 0.6 is 0 Å². The number of carbonyl (C=O) groups is 1. The number of fused-ring (bicyclic) bond motifs is 1. The second kappa shape index (κ2) is 6.77. The Hall–Kier alpha value is -3.91. The van der Waals surface area contributed by atoms with E-state index < -0.39 is 5.97 Å². The van der Waals surface area contributed by atoms with Gasteiger partial charge in [-0.1, -0.05) is 17.9 Å². The molecule has 4 rings (SSSR count). The number of nitrogens with zero attached hydrogens (tertiary/aromatic N) is 1. The van der Waals surface area contributed by atoms with Crippen LogP contribution in [-0.4, -0.2) is 21.0 Å². The lowest BCUT2D eigenvalue weighted by atomic mass is 9.95. The minimum atomic E-state index is -1.04. The number of halogens is 1. The van der Waals surface area contributed by atoms with Gasteiger partial charge in [0.25, 0.3) is 0 Å². The van der Waals surface area contributed by atoms with Crippen LogP contribution in [0.5, 0.6) is 0 Å². The van der Waals surface area contributed by atoms with Crippen molar-refractivity contribution in [1.29, 1.82) is 0 Å². The minimum Gasteiger partial charge on any atom is -0.478 e. The van der Waals surface area contributed by atoms with Crippen LogP contribution in [0.4, 0.5) is 4.39 Å². The van der Waals surface area contributed by atoms with Crippen molar-refractivity contribution in [3.8, 4) is 23.0 Å². The fraction of sp³-hybridized carbons (Fsp3) is 0. The van der Waals surface area contributed by atoms with E-state index in [4.69, 9.17) is 0 Å². The summed E-state index contributed by atoms with van der Waals surface area (Å²) >= 11 is 0. The summed E-state index contributed by atoms with van der Waals surface area (Å²) in [4.78, 5) is 19.1. The molecular weight excluding hydrogens is 343 g/mol. The van der Waals surface area contributed by atoms with Crippen LogP contribution in [0.3, 0.4) is 0 Å². The number of hydrogen-bond donors (Lipinski definition) is 2. The van der Waals surface area contributed by atoms with Crippen molar-refractivity contribution < 1.29 is 14.3 Å². The molecule has 5 heteroatoms. The third kappa shape index (κ3) is 3.29. The van der Waals surface area contributed by atoms with E-state index in [1.165, 1.54) is 12.1 Å². The molecule has 0 radical (unpaired) electrons. The molecule has 27 heavy (non-hydrogen) atoms. The van der Waals surface area contributed by atoms with Gasteiger partial charge in [0.1, 0.15) is 11.5 Å². The Bertz CT molecular complexity index is 1210. The molecule has 4 aromatic rings. The number of aromatic amines is 1. The Balaban J connectivity index is 1.88. The van der Waals surface area contributed by atoms with Crippen LogP contribution in [0, 0.1) is 17.7 Å². The van der Waals surface area contributed by atoms with E-state index in [0.717, 1.165) is 11.0 Å². The molecule has 0 aliphatic carbocycles. The zero-order chi connectivity index (χ0) is 18.8. The summed E-state index contributed by atoms with van der Waals surface area (Å²) in [7, 11) is 0. The number of H-pyrrole nitrogens is 1. The number of aromatic nitrogens is 2. The van der Waals surface area contributed by atoms with Gasteiger partial charge in [-0.05, 0) is 48.5 Å². The molecule has 0 saturated heterocycles. The maximum atomic E-state index is 13.1. The third-order valence-corrected chi connectivity index (χ3v) is 4.17. The molecule has 2 aromatic heterocycles. The van der Waals surface area contributed by atoms with Gasteiger partial charge in [0, 0.05) is 40.0 Å². The molecule has 2 N–H and O–H groups in total. The summed E-state index contributed by atoms with van der Waals surface area (Å²) in [6, 6.07) is 14.5. The lowest BCUT2D eigenvalue weighted by molar-refractivity contribution is 0.0697. The summed E-state index contributed by atoms with van der Waals surface area (Å²) in [5, 5.41) is 10.5. The van der Waals surface area contributed by atoms with E-state index in [1.807, 2.05) is 12.1 Å². The normalized spacial score (nSPS) is 10.4. The maximum Gasteiger partial charge on any atom is 0.336 e. The SMILES string of the molecule is O=C(O)c1cccc(C#Cc2ccc(F)cc2)c1-c1cnc2[nH]ccc2c1. The molecule has 0 bridgehead atoms. The number of rotatable bonds is 2. The van der Waals surface area contributed by atoms with Crippen molar-refractivity contribution in [3.05, 3.63) is 89.5 Å². The van der Waals surface area contributed by atoms with Gasteiger partial charge in [0.2, 0.25) is 0 Å². The summed E-state index contributed by atoms with van der Waals surface area (Å²) in [5.74, 6) is 4.60. The number of carboxylic acid groups (broad SMARTS) is 1. The van der Waals surface area contributed by atoms with Crippen molar-refractivity contribution in [2.45, 2.75) is 0 Å². The first kappa shape index (κ1) is 16.6. The molecule has 2 heterocycles. The Kier molecular flexibility index (Phi) is 4.15. The summed E-state index contributed by atoms with van der Waals surface area (Å²) in [5.41, 5.74) is 3.26. The van der Waals surface area contributed by atoms with Crippen molar-refractivity contribution in [2.75, 3.05) is 0 Å². The van der Waals surface area contributed by atoms with Gasteiger partial charge < -0.3 is 10.1 Å². The molecule has 0 spiro atoms. The van der Waals surface area contributed by atoms with Crippen LogP contribution in [0.25, 0.3) is 22.2 Å². The predicted octanol–water partition coefficient (Wildman–Crippen LogP) is 4.47. The highest BCUT2D eigenvalue weighted by atomic mass is 19.1. The highest BCUT2D eigenvalue weighted by molar-refractivity contribution is 5.98. The Morgan fingerprint density at radius 2 is 1.89 bits per heavy atom. The first-order valence-corrected chi connectivity index (χ1v) is 8.19. The smallest absolute Gasteiger partial charge is 0.336 e. The van der Waals surface area contributed by atoms with Gasteiger partial charge in [-0.25, -0.2) is 14.2 Å². The molecule has 130 valence electrons. The average Bonchev–Trinajstić information content (AvgIpc) is 3.15. The number of nitrogens with one attached hydrogen (secondary N) is 1. The Morgan fingerprint density at radius 3 is 2.67 bits per heavy atom. The van der Waals surface area contributed by atoms with E-state index in [9.17, 15) is 14.3 Å². The van der Waals surface area contributed by atoms with Gasteiger partial charge in [-0.2, -0.15) is 0 Å². The molecule has 0 atom stereocenters. The fourth-order valence-corrected chi connectivity index (χ4v) is 2.89. The molecule has 0 aliphatic heterocycles. The molecular formula is C22H13FN2O2. The number of carboxylic acids is 1. The predicted molar refractivity (Wildman–Crippen MR) is 101 cm³/mol. The van der Waals surface area contributed by atoms with Crippen LogP contribution in [0.1, 0.15) is 21.5 Å². The van der Waals surface area contributed by atoms with Crippen molar-refractivity contribution >= 4 is 17.0 Å². The van der Waals surface area contributed by atoms with Crippen LogP contribution in [0.2, 0.25) is 0 Å². The summed E-state index contributed by atoms with van der Waals surface area (Å²) in [6.07, 6.45) is 3.41. The van der Waals surface area contributed by atoms with Crippen molar-refractivity contribution in [2.24, 2.45) is 0 Å². The van der Waals surface area contributed by atoms with Gasteiger partial charge >= 0.3 is 5.97 Å². The third-order valence-electron chi connectivity index (χ3n) is 4.17. The Morgan fingerprint density at radius 1 is 1.07 bits per heavy atom. The van der Waals surface area contributed by atoms with Gasteiger partial charge in [0.05, 0.1) is 5.56 Å². The zero-order valence-corrected chi connectivity index (χ0v) is 14.0. The minimum absolute atomic E-state index is 0.151. The second-order valence-electron chi connectivity index (χ2n) is 5.93. The number of hydrogen-bond acceptors (Lipinski definition) is 2. The van der Waals surface area contributed by atoms with E-state index in [1.54, 1.807) is 42.7 Å². The van der Waals surface area contributed by atoms with Crippen LogP contribution in [0.15, 0.2) is 67.0 Å². The average molecular weight is 356 g/mol. The van der Waals surface area contributed by atoms with E-state index in [2.05, 4.69) is 21.8 Å². The fourth-order valence-electron chi connectivity index (χ4n) is 2.89. The monoisotopic (exact) mass is 356 g/mol. The molecule has 0 amide bonds. The highest BCUT2D eigenvalue weighted by Gasteiger charge is 2.16. The van der Waals surface area contributed by atoms with Gasteiger partial charge in [-0.15, -0.1) is 0 Å². The molecule has 0 aliphatic rings. The topological polar surface area (TPSA) is 66.0 Å². The van der Waals surface area contributed by atoms with Gasteiger partial charge in [0.15, 0.2) is 0 Å². The van der Waals surface area contributed by atoms with Crippen molar-refractivity contribution in [1.82, 2.24) is 9.97 Å². The lowest BCUT2D eigenvalue weighted by Gasteiger charge is -2.09. The molecule has 2 aromatic carbocycles. The van der Waals surface area contributed by atoms with Gasteiger partial charge in [-0.3, -0.25) is 0 Å². The summed E-state index contributed by atoms with van der Waals surface area (Å²) < 4.78 is 13.1. The van der Waals surface area contributed by atoms with E-state index >= 15 is 0 Å². The Labute approximate surface area is 154 Å². The summed E-state index contributed by atoms with van der Waals surface area (Å²) in [6.45, 7) is 0. The second-order valence-corrected chi connectivity index (χ2v) is 5.93. The number of aromatic carboxylic acids is 1. The molecule has 0 saturated carbocycles.